The summed E-state index contributed by atoms with van der Waals surface area (Å²) in [5, 5.41) is 3.31. The van der Waals surface area contributed by atoms with Gasteiger partial charge in [-0.15, -0.1) is 0 Å². The third-order valence-corrected chi connectivity index (χ3v) is 3.24. The van der Waals surface area contributed by atoms with Crippen LogP contribution in [0.25, 0.3) is 0 Å². The minimum absolute atomic E-state index is 0.0233. The van der Waals surface area contributed by atoms with E-state index in [4.69, 9.17) is 0 Å². The van der Waals surface area contributed by atoms with Crippen LogP contribution < -0.4 is 5.32 Å². The monoisotopic (exact) mass is 261 g/mol. The van der Waals surface area contributed by atoms with Gasteiger partial charge >= 0.3 is 0 Å². The van der Waals surface area contributed by atoms with E-state index in [1.165, 1.54) is 18.2 Å². The van der Waals surface area contributed by atoms with Crippen LogP contribution in [0.3, 0.4) is 0 Å². The summed E-state index contributed by atoms with van der Waals surface area (Å²) in [6, 6.07) is 13.0. The summed E-state index contributed by atoms with van der Waals surface area (Å²) < 4.78 is 26.5. The van der Waals surface area contributed by atoms with Gasteiger partial charge in [0.15, 0.2) is 0 Å². The molecule has 0 saturated carbocycles. The Kier molecular flexibility index (Phi) is 4.27. The van der Waals surface area contributed by atoms with Gasteiger partial charge in [-0.2, -0.15) is 0 Å². The van der Waals surface area contributed by atoms with E-state index in [-0.39, 0.29) is 23.7 Å². The Balaban J connectivity index is 2.08. The fourth-order valence-corrected chi connectivity index (χ4v) is 2.14. The van der Waals surface area contributed by atoms with Gasteiger partial charge in [0.1, 0.15) is 11.6 Å². The lowest BCUT2D eigenvalue weighted by Crippen LogP contribution is -2.23. The molecule has 100 valence electrons. The SMILES string of the molecule is CC(N[C@H](C)c1ccc(F)cc1)c1ccccc1F. The maximum absolute atomic E-state index is 13.7. The Hall–Kier alpha value is -1.74. The first-order valence-corrected chi connectivity index (χ1v) is 6.34. The molecule has 0 saturated heterocycles. The highest BCUT2D eigenvalue weighted by molar-refractivity contribution is 5.23. The zero-order valence-corrected chi connectivity index (χ0v) is 11.0. The first kappa shape index (κ1) is 13.7. The van der Waals surface area contributed by atoms with Crippen molar-refractivity contribution in [1.82, 2.24) is 5.32 Å². The van der Waals surface area contributed by atoms with Gasteiger partial charge in [-0.05, 0) is 37.6 Å². The molecule has 0 aliphatic carbocycles. The summed E-state index contributed by atoms with van der Waals surface area (Å²) in [6.07, 6.45) is 0. The van der Waals surface area contributed by atoms with E-state index in [0.29, 0.717) is 5.56 Å². The van der Waals surface area contributed by atoms with Gasteiger partial charge in [0, 0.05) is 17.6 Å². The summed E-state index contributed by atoms with van der Waals surface area (Å²) in [7, 11) is 0. The summed E-state index contributed by atoms with van der Waals surface area (Å²) >= 11 is 0. The van der Waals surface area contributed by atoms with Crippen molar-refractivity contribution < 1.29 is 8.78 Å². The molecule has 0 aromatic heterocycles. The molecule has 2 rings (SSSR count). The molecule has 2 atom stereocenters. The average molecular weight is 261 g/mol. The lowest BCUT2D eigenvalue weighted by Gasteiger charge is -2.21. The van der Waals surface area contributed by atoms with Crippen LogP contribution in [0.5, 0.6) is 0 Å². The molecule has 0 amide bonds. The first-order chi connectivity index (χ1) is 9.08. The summed E-state index contributed by atoms with van der Waals surface area (Å²) in [4.78, 5) is 0. The molecule has 0 bridgehead atoms. The molecular formula is C16H17F2N. The van der Waals surface area contributed by atoms with E-state index in [1.54, 1.807) is 24.3 Å². The van der Waals surface area contributed by atoms with Crippen LogP contribution in [0.2, 0.25) is 0 Å². The molecule has 1 nitrogen and oxygen atoms in total. The fraction of sp³-hybridized carbons (Fsp3) is 0.250. The molecule has 0 aliphatic rings. The van der Waals surface area contributed by atoms with E-state index < -0.39 is 0 Å². The zero-order valence-electron chi connectivity index (χ0n) is 11.0. The van der Waals surface area contributed by atoms with Crippen molar-refractivity contribution in [3.05, 3.63) is 71.3 Å². The van der Waals surface area contributed by atoms with Crippen molar-refractivity contribution in [2.45, 2.75) is 25.9 Å². The lowest BCUT2D eigenvalue weighted by molar-refractivity contribution is 0.473. The molecule has 1 unspecified atom stereocenters. The van der Waals surface area contributed by atoms with Crippen LogP contribution in [-0.4, -0.2) is 0 Å². The molecule has 3 heteroatoms. The molecule has 0 spiro atoms. The van der Waals surface area contributed by atoms with E-state index in [9.17, 15) is 8.78 Å². The highest BCUT2D eigenvalue weighted by Crippen LogP contribution is 2.21. The Labute approximate surface area is 112 Å². The van der Waals surface area contributed by atoms with Gasteiger partial charge in [0.2, 0.25) is 0 Å². The van der Waals surface area contributed by atoms with Crippen LogP contribution in [0.15, 0.2) is 48.5 Å². The number of rotatable bonds is 4. The highest BCUT2D eigenvalue weighted by Gasteiger charge is 2.13. The van der Waals surface area contributed by atoms with Crippen molar-refractivity contribution in [2.75, 3.05) is 0 Å². The standard InChI is InChI=1S/C16H17F2N/c1-11(13-7-9-14(17)10-8-13)19-12(2)15-5-3-4-6-16(15)18/h3-12,19H,1-2H3/t11-,12?/m1/s1. The Morgan fingerprint density at radius 1 is 0.842 bits per heavy atom. The Morgan fingerprint density at radius 2 is 1.47 bits per heavy atom. The van der Waals surface area contributed by atoms with Crippen LogP contribution in [0, 0.1) is 11.6 Å². The maximum atomic E-state index is 13.7. The smallest absolute Gasteiger partial charge is 0.127 e. The number of hydrogen-bond acceptors (Lipinski definition) is 1. The number of benzene rings is 2. The van der Waals surface area contributed by atoms with Crippen molar-refractivity contribution in [3.63, 3.8) is 0 Å². The van der Waals surface area contributed by atoms with Crippen LogP contribution in [-0.2, 0) is 0 Å². The van der Waals surface area contributed by atoms with Crippen molar-refractivity contribution in [1.29, 1.82) is 0 Å². The Morgan fingerprint density at radius 3 is 2.11 bits per heavy atom. The maximum Gasteiger partial charge on any atom is 0.127 e. The molecule has 2 aromatic carbocycles. The molecule has 1 N–H and O–H groups in total. The van der Waals surface area contributed by atoms with E-state index in [1.807, 2.05) is 19.9 Å². The minimum atomic E-state index is -0.252. The lowest BCUT2D eigenvalue weighted by atomic mass is 10.0. The van der Waals surface area contributed by atoms with E-state index >= 15 is 0 Å². The first-order valence-electron chi connectivity index (χ1n) is 6.34. The largest absolute Gasteiger partial charge is 0.304 e. The normalized spacial score (nSPS) is 14.1. The molecule has 19 heavy (non-hydrogen) atoms. The third-order valence-electron chi connectivity index (χ3n) is 3.24. The predicted octanol–water partition coefficient (Wildman–Crippen LogP) is 4.38. The predicted molar refractivity (Wildman–Crippen MR) is 72.8 cm³/mol. The molecule has 0 heterocycles. The topological polar surface area (TPSA) is 12.0 Å². The van der Waals surface area contributed by atoms with Crippen molar-refractivity contribution in [3.8, 4) is 0 Å². The van der Waals surface area contributed by atoms with Gasteiger partial charge in [-0.25, -0.2) is 8.78 Å². The molecule has 2 aromatic rings. The highest BCUT2D eigenvalue weighted by atomic mass is 19.1. The Bertz CT molecular complexity index is 537. The molecule has 0 radical (unpaired) electrons. The summed E-state index contributed by atoms with van der Waals surface area (Å²) in [5.74, 6) is -0.466. The summed E-state index contributed by atoms with van der Waals surface area (Å²) in [5.41, 5.74) is 1.61. The fourth-order valence-electron chi connectivity index (χ4n) is 2.14. The van der Waals surface area contributed by atoms with Crippen molar-refractivity contribution >= 4 is 0 Å². The second kappa shape index (κ2) is 5.93. The van der Waals surface area contributed by atoms with E-state index in [0.717, 1.165) is 5.56 Å². The molecular weight excluding hydrogens is 244 g/mol. The molecule has 0 fully saturated rings. The van der Waals surface area contributed by atoms with Crippen LogP contribution >= 0.6 is 0 Å². The number of halogens is 2. The second-order valence-electron chi connectivity index (χ2n) is 4.68. The number of nitrogens with one attached hydrogen (secondary N) is 1. The van der Waals surface area contributed by atoms with Gasteiger partial charge in [0.05, 0.1) is 0 Å². The van der Waals surface area contributed by atoms with Crippen molar-refractivity contribution in [2.24, 2.45) is 0 Å². The average Bonchev–Trinajstić information content (AvgIpc) is 2.39. The summed E-state index contributed by atoms with van der Waals surface area (Å²) in [6.45, 7) is 3.89. The third kappa shape index (κ3) is 3.38. The van der Waals surface area contributed by atoms with E-state index in [2.05, 4.69) is 5.32 Å². The second-order valence-corrected chi connectivity index (χ2v) is 4.68. The molecule has 0 aliphatic heterocycles. The number of hydrogen-bond donors (Lipinski definition) is 1. The quantitative estimate of drug-likeness (QED) is 0.861. The zero-order chi connectivity index (χ0) is 13.8. The minimum Gasteiger partial charge on any atom is -0.304 e. The van der Waals surface area contributed by atoms with Gasteiger partial charge in [-0.1, -0.05) is 30.3 Å². The van der Waals surface area contributed by atoms with Crippen LogP contribution in [0.4, 0.5) is 8.78 Å². The van der Waals surface area contributed by atoms with Gasteiger partial charge < -0.3 is 5.32 Å². The van der Waals surface area contributed by atoms with Gasteiger partial charge in [0.25, 0.3) is 0 Å². The van der Waals surface area contributed by atoms with Gasteiger partial charge in [-0.3, -0.25) is 0 Å². The van der Waals surface area contributed by atoms with Crippen LogP contribution in [0.1, 0.15) is 37.1 Å².